The minimum atomic E-state index is -3.86. The first-order valence-corrected chi connectivity index (χ1v) is 12.7. The van der Waals surface area contributed by atoms with Crippen molar-refractivity contribution < 1.29 is 31.1 Å². The number of alkyl halides is 2. The topological polar surface area (TPSA) is 155 Å². The highest BCUT2D eigenvalue weighted by Crippen LogP contribution is 2.33. The van der Waals surface area contributed by atoms with E-state index in [9.17, 15) is 26.9 Å². The number of rotatable bonds is 10. The summed E-state index contributed by atoms with van der Waals surface area (Å²) in [6.07, 6.45) is -2.02. The fourth-order valence-corrected chi connectivity index (χ4v) is 4.25. The number of hydrogen-bond acceptors (Lipinski definition) is 10. The zero-order valence-corrected chi connectivity index (χ0v) is 20.7. The number of nitriles is 1. The summed E-state index contributed by atoms with van der Waals surface area (Å²) in [7, 11) is -2.35. The van der Waals surface area contributed by atoms with Gasteiger partial charge in [-0.15, -0.1) is 0 Å². The molecule has 0 aliphatic rings. The van der Waals surface area contributed by atoms with Gasteiger partial charge in [0.2, 0.25) is 0 Å². The third-order valence-electron chi connectivity index (χ3n) is 5.06. The number of anilines is 4. The number of benzene rings is 1. The quantitative estimate of drug-likeness (QED) is 0.246. The Morgan fingerprint density at radius 2 is 1.84 bits per heavy atom. The number of H-pyrrole nitrogens is 1. The number of ether oxygens (including phenoxy) is 2. The Labute approximate surface area is 214 Å². The summed E-state index contributed by atoms with van der Waals surface area (Å²) in [4.78, 5) is 14.4. The standard InChI is InChI=1S/C23H20F3N7O4S/c1-36-7-8-37-16-5-6-18(29-15(16)11-27)30-19-10-14(20-22(31-19)33-23(32-20)21(25)26)28-13-4-3-12(24)9-17(13)38(2,34)35/h3-6,9-10,21H,7-8H2,1-2H3,(H3,28,29,30,31,32,33). The first-order valence-electron chi connectivity index (χ1n) is 10.8. The lowest BCUT2D eigenvalue weighted by Gasteiger charge is -2.13. The minimum absolute atomic E-state index is 0.00333. The van der Waals surface area contributed by atoms with Crippen LogP contribution >= 0.6 is 0 Å². The molecule has 0 unspecified atom stereocenters. The van der Waals surface area contributed by atoms with E-state index in [1.165, 1.54) is 31.4 Å². The molecule has 3 aromatic heterocycles. The summed E-state index contributed by atoms with van der Waals surface area (Å²) < 4.78 is 75.4. The van der Waals surface area contributed by atoms with Crippen molar-refractivity contribution >= 4 is 44.0 Å². The van der Waals surface area contributed by atoms with Crippen LogP contribution in [0.25, 0.3) is 11.2 Å². The summed E-state index contributed by atoms with van der Waals surface area (Å²) in [5.74, 6) is -0.909. The van der Waals surface area contributed by atoms with Gasteiger partial charge in [0, 0.05) is 19.4 Å². The molecule has 198 valence electrons. The van der Waals surface area contributed by atoms with Crippen LogP contribution in [0.4, 0.5) is 36.2 Å². The van der Waals surface area contributed by atoms with E-state index in [-0.39, 0.29) is 57.1 Å². The molecule has 1 aromatic carbocycles. The van der Waals surface area contributed by atoms with Gasteiger partial charge in [-0.1, -0.05) is 0 Å². The maximum Gasteiger partial charge on any atom is 0.295 e. The molecule has 11 nitrogen and oxygen atoms in total. The Balaban J connectivity index is 1.75. The van der Waals surface area contributed by atoms with Crippen LogP contribution < -0.4 is 15.4 Å². The van der Waals surface area contributed by atoms with Gasteiger partial charge in [-0.25, -0.2) is 36.5 Å². The van der Waals surface area contributed by atoms with E-state index >= 15 is 0 Å². The van der Waals surface area contributed by atoms with Crippen molar-refractivity contribution in [1.82, 2.24) is 19.9 Å². The Morgan fingerprint density at radius 3 is 2.53 bits per heavy atom. The predicted octanol–water partition coefficient (Wildman–Crippen LogP) is 4.22. The molecule has 0 spiro atoms. The van der Waals surface area contributed by atoms with Gasteiger partial charge in [0.05, 0.1) is 22.9 Å². The molecule has 4 aromatic rings. The van der Waals surface area contributed by atoms with Crippen LogP contribution in [0.15, 0.2) is 41.3 Å². The van der Waals surface area contributed by atoms with Crippen LogP contribution in [0.5, 0.6) is 5.75 Å². The molecule has 0 saturated carbocycles. The molecule has 38 heavy (non-hydrogen) atoms. The number of aromatic nitrogens is 4. The van der Waals surface area contributed by atoms with E-state index in [0.717, 1.165) is 18.4 Å². The number of methoxy groups -OCH3 is 1. The molecule has 4 rings (SSSR count). The highest BCUT2D eigenvalue weighted by molar-refractivity contribution is 7.90. The number of aromatic amines is 1. The van der Waals surface area contributed by atoms with Crippen LogP contribution in [0.1, 0.15) is 17.9 Å². The Bertz CT molecular complexity index is 1640. The fourth-order valence-electron chi connectivity index (χ4n) is 3.40. The van der Waals surface area contributed by atoms with Gasteiger partial charge >= 0.3 is 0 Å². The normalized spacial score (nSPS) is 11.5. The lowest BCUT2D eigenvalue weighted by molar-refractivity contribution is 0.142. The highest BCUT2D eigenvalue weighted by atomic mass is 32.2. The summed E-state index contributed by atoms with van der Waals surface area (Å²) >= 11 is 0. The van der Waals surface area contributed by atoms with Gasteiger partial charge in [0.1, 0.15) is 35.6 Å². The van der Waals surface area contributed by atoms with Gasteiger partial charge in [-0.2, -0.15) is 5.26 Å². The predicted molar refractivity (Wildman–Crippen MR) is 131 cm³/mol. The number of halogens is 3. The van der Waals surface area contributed by atoms with E-state index in [2.05, 4.69) is 30.6 Å². The molecule has 0 radical (unpaired) electrons. The third-order valence-corrected chi connectivity index (χ3v) is 6.19. The van der Waals surface area contributed by atoms with Gasteiger partial charge in [-0.05, 0) is 30.3 Å². The number of hydrogen-bond donors (Lipinski definition) is 3. The smallest absolute Gasteiger partial charge is 0.295 e. The fraction of sp³-hybridized carbons (Fsp3) is 0.217. The van der Waals surface area contributed by atoms with Crippen molar-refractivity contribution in [3.63, 3.8) is 0 Å². The Morgan fingerprint density at radius 1 is 1.05 bits per heavy atom. The molecule has 3 heterocycles. The van der Waals surface area contributed by atoms with Gasteiger partial charge < -0.3 is 25.1 Å². The van der Waals surface area contributed by atoms with E-state index in [4.69, 9.17) is 9.47 Å². The summed E-state index contributed by atoms with van der Waals surface area (Å²) in [5.41, 5.74) is 0.0165. The van der Waals surface area contributed by atoms with Crippen molar-refractivity contribution in [2.75, 3.05) is 37.2 Å². The van der Waals surface area contributed by atoms with Gasteiger partial charge in [0.15, 0.2) is 32.8 Å². The first-order chi connectivity index (χ1) is 18.1. The molecule has 0 atom stereocenters. The first kappa shape index (κ1) is 26.6. The molecular weight excluding hydrogens is 527 g/mol. The maximum absolute atomic E-state index is 13.8. The molecule has 0 aliphatic heterocycles. The molecule has 15 heteroatoms. The lowest BCUT2D eigenvalue weighted by atomic mass is 10.2. The zero-order valence-electron chi connectivity index (χ0n) is 19.9. The van der Waals surface area contributed by atoms with E-state index in [1.807, 2.05) is 6.07 Å². The monoisotopic (exact) mass is 547 g/mol. The van der Waals surface area contributed by atoms with Crippen molar-refractivity contribution in [3.8, 4) is 11.8 Å². The van der Waals surface area contributed by atoms with Crippen molar-refractivity contribution in [2.45, 2.75) is 11.3 Å². The highest BCUT2D eigenvalue weighted by Gasteiger charge is 2.20. The number of nitrogens with zero attached hydrogens (tertiary/aromatic N) is 4. The number of pyridine rings is 2. The summed E-state index contributed by atoms with van der Waals surface area (Å²) in [5, 5.41) is 15.2. The van der Waals surface area contributed by atoms with Crippen LogP contribution in [0.2, 0.25) is 0 Å². The molecule has 0 saturated heterocycles. The SMILES string of the molecule is COCCOc1ccc(Nc2cc(Nc3ccc(F)cc3S(C)(=O)=O)c3nc(C(F)F)[nH]c3n2)nc1C#N. The lowest BCUT2D eigenvalue weighted by Crippen LogP contribution is -2.07. The average molecular weight is 548 g/mol. The van der Waals surface area contributed by atoms with Crippen molar-refractivity contribution in [1.29, 1.82) is 5.26 Å². The number of nitrogens with one attached hydrogen (secondary N) is 3. The van der Waals surface area contributed by atoms with Crippen molar-refractivity contribution in [2.24, 2.45) is 0 Å². The molecular formula is C23H20F3N7O4S. The van der Waals surface area contributed by atoms with Crippen LogP contribution in [0.3, 0.4) is 0 Å². The average Bonchev–Trinajstić information content (AvgIpc) is 3.30. The van der Waals surface area contributed by atoms with E-state index < -0.39 is 27.9 Å². The summed E-state index contributed by atoms with van der Waals surface area (Å²) in [6, 6.07) is 9.43. The van der Waals surface area contributed by atoms with E-state index in [1.54, 1.807) is 0 Å². The van der Waals surface area contributed by atoms with Crippen molar-refractivity contribution in [3.05, 3.63) is 53.7 Å². The second-order valence-corrected chi connectivity index (χ2v) is 9.82. The third kappa shape index (κ3) is 5.93. The molecule has 0 fully saturated rings. The molecule has 3 N–H and O–H groups in total. The summed E-state index contributed by atoms with van der Waals surface area (Å²) in [6.45, 7) is 0.516. The second-order valence-electron chi connectivity index (χ2n) is 7.83. The number of sulfone groups is 1. The second kappa shape index (κ2) is 10.9. The van der Waals surface area contributed by atoms with Crippen LogP contribution in [0, 0.1) is 17.1 Å². The number of imidazole rings is 1. The van der Waals surface area contributed by atoms with Crippen LogP contribution in [-0.4, -0.2) is 54.9 Å². The van der Waals surface area contributed by atoms with E-state index in [0.29, 0.717) is 6.61 Å². The van der Waals surface area contributed by atoms with Gasteiger partial charge in [-0.3, -0.25) is 0 Å². The van der Waals surface area contributed by atoms with Gasteiger partial charge in [0.25, 0.3) is 6.43 Å². The number of fused-ring (bicyclic) bond motifs is 1. The molecule has 0 bridgehead atoms. The van der Waals surface area contributed by atoms with Crippen LogP contribution in [-0.2, 0) is 14.6 Å². The molecule has 0 aliphatic carbocycles. The zero-order chi connectivity index (χ0) is 27.4. The largest absolute Gasteiger partial charge is 0.488 e. The minimum Gasteiger partial charge on any atom is -0.488 e. The maximum atomic E-state index is 13.8. The Kier molecular flexibility index (Phi) is 7.65. The Hall–Kier alpha value is -4.42. The molecule has 0 amide bonds.